The summed E-state index contributed by atoms with van der Waals surface area (Å²) in [6.07, 6.45) is 0.811. The van der Waals surface area contributed by atoms with Crippen molar-refractivity contribution >= 4 is 26.0 Å². The fourth-order valence-corrected chi connectivity index (χ4v) is 8.45. The summed E-state index contributed by atoms with van der Waals surface area (Å²) in [5, 5.41) is 0. The van der Waals surface area contributed by atoms with Crippen LogP contribution in [-0.4, -0.2) is 27.7 Å². The van der Waals surface area contributed by atoms with E-state index in [1.807, 2.05) is 0 Å². The van der Waals surface area contributed by atoms with E-state index in [1.54, 1.807) is 6.92 Å². The van der Waals surface area contributed by atoms with Crippen molar-refractivity contribution < 1.29 is 21.6 Å². The highest BCUT2D eigenvalue weighted by Gasteiger charge is 2.52. The lowest BCUT2D eigenvalue weighted by atomic mass is 10.1. The third-order valence-corrected chi connectivity index (χ3v) is 8.96. The van der Waals surface area contributed by atoms with Crippen molar-refractivity contribution in [2.75, 3.05) is 0 Å². The zero-order valence-corrected chi connectivity index (χ0v) is 11.9. The molecule has 0 N–H and O–H groups in total. The van der Waals surface area contributed by atoms with Gasteiger partial charge in [0.1, 0.15) is 6.29 Å². The predicted molar refractivity (Wildman–Crippen MR) is 69.1 cm³/mol. The van der Waals surface area contributed by atoms with Crippen LogP contribution in [0, 0.1) is 5.92 Å². The van der Waals surface area contributed by atoms with Crippen LogP contribution in [0.15, 0.2) is 34.1 Å². The van der Waals surface area contributed by atoms with Gasteiger partial charge in [-0.3, -0.25) is 0 Å². The van der Waals surface area contributed by atoms with Crippen LogP contribution < -0.4 is 0 Å². The van der Waals surface area contributed by atoms with Gasteiger partial charge in [-0.2, -0.15) is 0 Å². The largest absolute Gasteiger partial charge is 0.303 e. The summed E-state index contributed by atoms with van der Waals surface area (Å²) in [4.78, 5) is 10.3. The predicted octanol–water partition coefficient (Wildman–Crippen LogP) is 1.19. The van der Waals surface area contributed by atoms with Crippen molar-refractivity contribution in [1.82, 2.24) is 0 Å². The monoisotopic (exact) mass is 302 g/mol. The molecule has 1 aromatic carbocycles. The van der Waals surface area contributed by atoms with Crippen LogP contribution in [0.1, 0.15) is 19.8 Å². The van der Waals surface area contributed by atoms with Gasteiger partial charge in [-0.15, -0.1) is 0 Å². The Morgan fingerprint density at radius 1 is 1.11 bits per heavy atom. The van der Waals surface area contributed by atoms with Crippen LogP contribution >= 0.6 is 0 Å². The van der Waals surface area contributed by atoms with Gasteiger partial charge in [-0.05, 0) is 18.1 Å². The molecule has 1 aliphatic heterocycles. The topological polar surface area (TPSA) is 85.3 Å². The summed E-state index contributed by atoms with van der Waals surface area (Å²) < 4.78 is 48.0. The van der Waals surface area contributed by atoms with Crippen molar-refractivity contribution in [3.05, 3.63) is 24.3 Å². The second-order valence-electron chi connectivity index (χ2n) is 4.48. The van der Waals surface area contributed by atoms with Crippen LogP contribution in [0.5, 0.6) is 0 Å². The Labute approximate surface area is 112 Å². The first kappa shape index (κ1) is 14.2. The van der Waals surface area contributed by atoms with E-state index in [4.69, 9.17) is 0 Å². The molecule has 0 fully saturated rings. The Balaban J connectivity index is 2.69. The molecular formula is C12H14O5S2. The molecule has 5 nitrogen and oxygen atoms in total. The van der Waals surface area contributed by atoms with E-state index in [2.05, 4.69) is 0 Å². The molecule has 0 unspecified atom stereocenters. The average Bonchev–Trinajstić information content (AvgIpc) is 2.52. The number of sulfone groups is 2. The van der Waals surface area contributed by atoms with E-state index in [9.17, 15) is 21.6 Å². The van der Waals surface area contributed by atoms with E-state index < -0.39 is 30.2 Å². The van der Waals surface area contributed by atoms with E-state index >= 15 is 0 Å². The zero-order chi connectivity index (χ0) is 14.3. The van der Waals surface area contributed by atoms with Gasteiger partial charge in [-0.1, -0.05) is 25.5 Å². The van der Waals surface area contributed by atoms with Crippen molar-refractivity contribution in [1.29, 1.82) is 0 Å². The van der Waals surface area contributed by atoms with E-state index in [0.717, 1.165) is 0 Å². The molecule has 1 atom stereocenters. The molecule has 0 aromatic heterocycles. The molecule has 0 radical (unpaired) electrons. The molecular weight excluding hydrogens is 288 g/mol. The molecule has 7 heteroatoms. The van der Waals surface area contributed by atoms with Gasteiger partial charge in [0.15, 0.2) is 24.3 Å². The van der Waals surface area contributed by atoms with Crippen molar-refractivity contribution in [3.63, 3.8) is 0 Å². The maximum Gasteiger partial charge on any atom is 0.197 e. The van der Waals surface area contributed by atoms with Crippen molar-refractivity contribution in [3.8, 4) is 0 Å². The fraction of sp³-hybridized carbons (Fsp3) is 0.417. The number of rotatable bonds is 4. The highest BCUT2D eigenvalue weighted by atomic mass is 32.3. The molecule has 19 heavy (non-hydrogen) atoms. The summed E-state index contributed by atoms with van der Waals surface area (Å²) in [6, 6.07) is 5.59. The molecule has 1 aliphatic rings. The van der Waals surface area contributed by atoms with Gasteiger partial charge in [-0.25, -0.2) is 16.8 Å². The Kier molecular flexibility index (Phi) is 3.53. The molecule has 0 aliphatic carbocycles. The van der Waals surface area contributed by atoms with Crippen LogP contribution in [0.2, 0.25) is 0 Å². The lowest BCUT2D eigenvalue weighted by Gasteiger charge is -2.18. The number of fused-ring (bicyclic) bond motifs is 1. The summed E-state index contributed by atoms with van der Waals surface area (Å²) in [7, 11) is -7.87. The van der Waals surface area contributed by atoms with Crippen molar-refractivity contribution in [2.24, 2.45) is 5.92 Å². The molecule has 0 amide bonds. The zero-order valence-electron chi connectivity index (χ0n) is 10.3. The standard InChI is InChI=1S/C12H14O5S2/c1-2-9(7-8-13)12-18(14,15)10-5-3-4-6-11(10)19(12,16)17/h3-6,8-9,12H,2,7H2,1H3/t9-/m1/s1. The van der Waals surface area contributed by atoms with Crippen LogP contribution in [0.3, 0.4) is 0 Å². The van der Waals surface area contributed by atoms with E-state index in [-0.39, 0.29) is 16.2 Å². The number of benzene rings is 1. The number of hydrogen-bond acceptors (Lipinski definition) is 5. The minimum absolute atomic E-state index is 0.0758. The maximum absolute atomic E-state index is 12.4. The van der Waals surface area contributed by atoms with Gasteiger partial charge in [0, 0.05) is 6.42 Å². The Hall–Kier alpha value is -1.21. The molecule has 1 heterocycles. The SMILES string of the molecule is CC[C@H](CC=O)C1S(=O)(=O)c2ccccc2S1(=O)=O. The van der Waals surface area contributed by atoms with Gasteiger partial charge < -0.3 is 4.79 Å². The van der Waals surface area contributed by atoms with Crippen molar-refractivity contribution in [2.45, 2.75) is 34.1 Å². The summed E-state index contributed by atoms with van der Waals surface area (Å²) >= 11 is 0. The van der Waals surface area contributed by atoms with Gasteiger partial charge >= 0.3 is 0 Å². The quantitative estimate of drug-likeness (QED) is 0.780. The van der Waals surface area contributed by atoms with Gasteiger partial charge in [0.05, 0.1) is 9.79 Å². The minimum Gasteiger partial charge on any atom is -0.303 e. The highest BCUT2D eigenvalue weighted by Crippen LogP contribution is 2.42. The molecule has 0 spiro atoms. The second-order valence-corrected chi connectivity index (χ2v) is 8.85. The summed E-state index contributed by atoms with van der Waals surface area (Å²) in [6.45, 7) is 1.68. The molecule has 0 bridgehead atoms. The molecule has 0 saturated heterocycles. The molecule has 104 valence electrons. The lowest BCUT2D eigenvalue weighted by molar-refractivity contribution is -0.108. The Morgan fingerprint density at radius 3 is 1.95 bits per heavy atom. The Bertz CT molecular complexity index is 650. The van der Waals surface area contributed by atoms with Gasteiger partial charge in [0.25, 0.3) is 0 Å². The average molecular weight is 302 g/mol. The normalized spacial score (nSPS) is 21.7. The highest BCUT2D eigenvalue weighted by molar-refractivity contribution is 8.11. The van der Waals surface area contributed by atoms with Crippen LogP contribution in [0.4, 0.5) is 0 Å². The maximum atomic E-state index is 12.4. The molecule has 2 rings (SSSR count). The van der Waals surface area contributed by atoms with E-state index in [0.29, 0.717) is 12.7 Å². The molecule has 1 aromatic rings. The lowest BCUT2D eigenvalue weighted by Crippen LogP contribution is -2.32. The molecule has 0 saturated carbocycles. The minimum atomic E-state index is -3.93. The summed E-state index contributed by atoms with van der Waals surface area (Å²) in [5.41, 5.74) is 0. The first-order valence-electron chi connectivity index (χ1n) is 5.87. The van der Waals surface area contributed by atoms with Gasteiger partial charge in [0.2, 0.25) is 0 Å². The third-order valence-electron chi connectivity index (χ3n) is 3.38. The van der Waals surface area contributed by atoms with Crippen LogP contribution in [-0.2, 0) is 24.5 Å². The number of carbonyl (C=O) groups is 1. The Morgan fingerprint density at radius 2 is 1.58 bits per heavy atom. The van der Waals surface area contributed by atoms with Crippen LogP contribution in [0.25, 0.3) is 0 Å². The first-order chi connectivity index (χ1) is 8.87. The second kappa shape index (κ2) is 4.72. The number of aldehydes is 1. The summed E-state index contributed by atoms with van der Waals surface area (Å²) in [5.74, 6) is -0.708. The smallest absolute Gasteiger partial charge is 0.197 e. The number of hydrogen-bond donors (Lipinski definition) is 0. The first-order valence-corrected chi connectivity index (χ1v) is 8.97. The number of carbonyl (C=O) groups excluding carboxylic acids is 1. The third kappa shape index (κ3) is 2.01. The van der Waals surface area contributed by atoms with E-state index in [1.165, 1.54) is 24.3 Å². The fourth-order valence-electron chi connectivity index (χ4n) is 2.44.